The molecule has 0 aromatic heterocycles. The van der Waals surface area contributed by atoms with Gasteiger partial charge < -0.3 is 5.32 Å². The van der Waals surface area contributed by atoms with Gasteiger partial charge in [-0.1, -0.05) is 56.4 Å². The Morgan fingerprint density at radius 3 is 1.95 bits per heavy atom. The Bertz CT molecular complexity index is 482. The lowest BCUT2D eigenvalue weighted by atomic mass is 9.85. The van der Waals surface area contributed by atoms with Crippen molar-refractivity contribution in [1.82, 2.24) is 5.32 Å². The molecular formula is C16H21NO2S. The molecule has 1 rings (SSSR count). The molecule has 4 heteroatoms. The second kappa shape index (κ2) is 7.29. The summed E-state index contributed by atoms with van der Waals surface area (Å²) in [5.41, 5.74) is 0.888. The van der Waals surface area contributed by atoms with E-state index in [0.29, 0.717) is 4.99 Å². The van der Waals surface area contributed by atoms with Crippen LogP contribution in [0.1, 0.15) is 33.3 Å². The zero-order valence-corrected chi connectivity index (χ0v) is 13.2. The highest BCUT2D eigenvalue weighted by molar-refractivity contribution is 7.80. The molecule has 1 aromatic rings. The predicted molar refractivity (Wildman–Crippen MR) is 84.8 cm³/mol. The molecule has 0 saturated carbocycles. The molecule has 1 unspecified atom stereocenters. The molecule has 1 atom stereocenters. The third kappa shape index (κ3) is 4.23. The highest BCUT2D eigenvalue weighted by Gasteiger charge is 2.32. The number of carbonyl (C=O) groups excluding carboxylic acids is 2. The van der Waals surface area contributed by atoms with Crippen LogP contribution in [0.4, 0.5) is 0 Å². The minimum atomic E-state index is -0.656. The fourth-order valence-corrected chi connectivity index (χ4v) is 2.52. The second-order valence-electron chi connectivity index (χ2n) is 5.31. The first-order valence-electron chi connectivity index (χ1n) is 6.71. The molecular weight excluding hydrogens is 270 g/mol. The predicted octanol–water partition coefficient (Wildman–Crippen LogP) is 2.77. The number of Topliss-reactive ketones (excluding diaryl/α,β-unsaturated/α-hetero) is 2. The number of rotatable bonds is 6. The quantitative estimate of drug-likeness (QED) is 0.646. The minimum Gasteiger partial charge on any atom is -0.372 e. The van der Waals surface area contributed by atoms with Gasteiger partial charge >= 0.3 is 0 Å². The van der Waals surface area contributed by atoms with Gasteiger partial charge in [-0.15, -0.1) is 0 Å². The van der Waals surface area contributed by atoms with Gasteiger partial charge in [0.1, 0.15) is 16.6 Å². The number of hydrogen-bond donors (Lipinski definition) is 1. The van der Waals surface area contributed by atoms with Gasteiger partial charge in [-0.2, -0.15) is 0 Å². The maximum Gasteiger partial charge on any atom is 0.142 e. The van der Waals surface area contributed by atoms with Gasteiger partial charge in [-0.25, -0.2) is 0 Å². The summed E-state index contributed by atoms with van der Waals surface area (Å²) in [6.45, 7) is 6.86. The van der Waals surface area contributed by atoms with Crippen LogP contribution in [0, 0.1) is 11.8 Å². The van der Waals surface area contributed by atoms with Crippen molar-refractivity contribution in [3.8, 4) is 0 Å². The van der Waals surface area contributed by atoms with Crippen molar-refractivity contribution in [2.75, 3.05) is 0 Å². The molecule has 20 heavy (non-hydrogen) atoms. The van der Waals surface area contributed by atoms with E-state index in [0.717, 1.165) is 5.56 Å². The maximum absolute atomic E-state index is 11.7. The first-order chi connectivity index (χ1) is 9.34. The average Bonchev–Trinajstić information content (AvgIpc) is 2.37. The third-order valence-electron chi connectivity index (χ3n) is 3.29. The number of nitrogens with one attached hydrogen (secondary N) is 1. The number of benzene rings is 1. The largest absolute Gasteiger partial charge is 0.372 e. The van der Waals surface area contributed by atoms with Gasteiger partial charge in [0.05, 0.1) is 5.92 Å². The second-order valence-corrected chi connectivity index (χ2v) is 5.72. The molecule has 0 aliphatic carbocycles. The topological polar surface area (TPSA) is 46.2 Å². The van der Waals surface area contributed by atoms with Crippen LogP contribution in [0.3, 0.4) is 0 Å². The first-order valence-corrected chi connectivity index (χ1v) is 7.12. The van der Waals surface area contributed by atoms with Crippen molar-refractivity contribution in [3.63, 3.8) is 0 Å². The summed E-state index contributed by atoms with van der Waals surface area (Å²) in [7, 11) is 0. The summed E-state index contributed by atoms with van der Waals surface area (Å²) in [6, 6.07) is 9.26. The van der Waals surface area contributed by atoms with Crippen LogP contribution in [0.5, 0.6) is 0 Å². The van der Waals surface area contributed by atoms with Crippen molar-refractivity contribution in [2.45, 2.75) is 33.7 Å². The standard InChI is InChI=1S/C16H21NO2S/c1-10(2)15(14(11(3)18)12(4)19)17-16(20)13-8-6-5-7-9-13/h5-10,14-15H,1-4H3,(H,17,20). The monoisotopic (exact) mass is 291 g/mol. The molecule has 0 aliphatic rings. The van der Waals surface area contributed by atoms with Crippen LogP contribution in [0.2, 0.25) is 0 Å². The highest BCUT2D eigenvalue weighted by atomic mass is 32.1. The summed E-state index contributed by atoms with van der Waals surface area (Å²) in [6.07, 6.45) is 0. The van der Waals surface area contributed by atoms with Gasteiger partial charge in [-0.05, 0) is 19.8 Å². The Morgan fingerprint density at radius 1 is 1.05 bits per heavy atom. The number of hydrogen-bond acceptors (Lipinski definition) is 3. The van der Waals surface area contributed by atoms with Crippen molar-refractivity contribution in [1.29, 1.82) is 0 Å². The van der Waals surface area contributed by atoms with Crippen LogP contribution in [0.25, 0.3) is 0 Å². The fourth-order valence-electron chi connectivity index (χ4n) is 2.25. The molecule has 0 aliphatic heterocycles. The van der Waals surface area contributed by atoms with E-state index >= 15 is 0 Å². The molecule has 0 bridgehead atoms. The van der Waals surface area contributed by atoms with Crippen molar-refractivity contribution >= 4 is 28.8 Å². The van der Waals surface area contributed by atoms with Gasteiger partial charge in [0.15, 0.2) is 0 Å². The van der Waals surface area contributed by atoms with Crippen molar-refractivity contribution in [3.05, 3.63) is 35.9 Å². The summed E-state index contributed by atoms with van der Waals surface area (Å²) in [5, 5.41) is 3.19. The molecule has 0 saturated heterocycles. The van der Waals surface area contributed by atoms with Gasteiger partial charge in [0, 0.05) is 11.6 Å². The van der Waals surface area contributed by atoms with E-state index in [1.165, 1.54) is 13.8 Å². The number of thiocarbonyl (C=S) groups is 1. The van der Waals surface area contributed by atoms with E-state index < -0.39 is 5.92 Å². The van der Waals surface area contributed by atoms with Crippen LogP contribution in [-0.2, 0) is 9.59 Å². The molecule has 108 valence electrons. The van der Waals surface area contributed by atoms with Gasteiger partial charge in [-0.3, -0.25) is 9.59 Å². The lowest BCUT2D eigenvalue weighted by molar-refractivity contribution is -0.131. The van der Waals surface area contributed by atoms with E-state index in [-0.39, 0.29) is 23.5 Å². The minimum absolute atomic E-state index is 0.120. The summed E-state index contributed by atoms with van der Waals surface area (Å²) in [5.74, 6) is -0.787. The van der Waals surface area contributed by atoms with Crippen molar-refractivity contribution < 1.29 is 9.59 Å². The molecule has 1 aromatic carbocycles. The zero-order valence-electron chi connectivity index (χ0n) is 12.3. The third-order valence-corrected chi connectivity index (χ3v) is 3.64. The van der Waals surface area contributed by atoms with E-state index in [4.69, 9.17) is 12.2 Å². The first kappa shape index (κ1) is 16.5. The van der Waals surface area contributed by atoms with E-state index in [9.17, 15) is 9.59 Å². The van der Waals surface area contributed by atoms with Gasteiger partial charge in [0.2, 0.25) is 0 Å². The number of ketones is 2. The van der Waals surface area contributed by atoms with E-state index in [1.807, 2.05) is 44.2 Å². The Hall–Kier alpha value is -1.55. The Labute approximate surface area is 125 Å². The SMILES string of the molecule is CC(=O)C(C(C)=O)C(NC(=S)c1ccccc1)C(C)C. The summed E-state index contributed by atoms with van der Waals surface area (Å²) < 4.78 is 0. The number of carbonyl (C=O) groups is 2. The average molecular weight is 291 g/mol. The summed E-state index contributed by atoms with van der Waals surface area (Å²) in [4.78, 5) is 24.1. The fraction of sp³-hybridized carbons (Fsp3) is 0.438. The van der Waals surface area contributed by atoms with Gasteiger partial charge in [0.25, 0.3) is 0 Å². The maximum atomic E-state index is 11.7. The van der Waals surface area contributed by atoms with E-state index in [2.05, 4.69) is 5.32 Å². The van der Waals surface area contributed by atoms with Crippen LogP contribution < -0.4 is 5.32 Å². The molecule has 1 N–H and O–H groups in total. The Kier molecular flexibility index (Phi) is 6.02. The molecule has 0 radical (unpaired) electrons. The molecule has 3 nitrogen and oxygen atoms in total. The normalized spacial score (nSPS) is 12.3. The molecule has 0 heterocycles. The molecule has 0 spiro atoms. The molecule has 0 amide bonds. The van der Waals surface area contributed by atoms with Crippen molar-refractivity contribution in [2.24, 2.45) is 11.8 Å². The Morgan fingerprint density at radius 2 is 1.55 bits per heavy atom. The Balaban J connectivity index is 2.95. The van der Waals surface area contributed by atoms with Crippen LogP contribution in [0.15, 0.2) is 30.3 Å². The smallest absolute Gasteiger partial charge is 0.142 e. The lowest BCUT2D eigenvalue weighted by Gasteiger charge is -2.29. The van der Waals surface area contributed by atoms with Crippen LogP contribution >= 0.6 is 12.2 Å². The van der Waals surface area contributed by atoms with Crippen LogP contribution in [-0.4, -0.2) is 22.6 Å². The molecule has 0 fully saturated rings. The lowest BCUT2D eigenvalue weighted by Crippen LogP contribution is -2.48. The van der Waals surface area contributed by atoms with E-state index in [1.54, 1.807) is 0 Å². The zero-order chi connectivity index (χ0) is 15.3. The highest BCUT2D eigenvalue weighted by Crippen LogP contribution is 2.17. The summed E-state index contributed by atoms with van der Waals surface area (Å²) >= 11 is 5.37.